The number of hydrogen-bond acceptors (Lipinski definition) is 5. The summed E-state index contributed by atoms with van der Waals surface area (Å²) in [5.74, 6) is -0.870. The number of aromatic amines is 1. The maximum atomic E-state index is 13.8. The highest BCUT2D eigenvalue weighted by Gasteiger charge is 2.18. The lowest BCUT2D eigenvalue weighted by atomic mass is 10.1. The van der Waals surface area contributed by atoms with Gasteiger partial charge in [-0.2, -0.15) is 5.26 Å². The van der Waals surface area contributed by atoms with Crippen LogP contribution in [0.5, 0.6) is 5.75 Å². The second-order valence-corrected chi connectivity index (χ2v) is 6.26. The molecule has 0 amide bonds. The first-order valence-corrected chi connectivity index (χ1v) is 9.00. The third-order valence-electron chi connectivity index (χ3n) is 3.68. The maximum absolute atomic E-state index is 13.8. The van der Waals surface area contributed by atoms with Crippen LogP contribution in [0.15, 0.2) is 52.4 Å². The van der Waals surface area contributed by atoms with Gasteiger partial charge in [-0.25, -0.2) is 13.8 Å². The van der Waals surface area contributed by atoms with Crippen molar-refractivity contribution in [2.75, 3.05) is 6.26 Å². The first-order valence-electron chi connectivity index (χ1n) is 7.77. The standard InChI is InChI=1S/C19H13F2N3O2S/c1-27-19-23-17(15(9-22)18(25)24-19)14-6-5-13(21)8-16(14)26-10-11-3-2-4-12(20)7-11/h2-8H,10H2,1H3,(H,23,24,25). The molecule has 5 nitrogen and oxygen atoms in total. The highest BCUT2D eigenvalue weighted by Crippen LogP contribution is 2.32. The normalized spacial score (nSPS) is 10.4. The molecule has 3 aromatic rings. The Labute approximate surface area is 157 Å². The number of halogens is 2. The quantitative estimate of drug-likeness (QED) is 0.533. The summed E-state index contributed by atoms with van der Waals surface area (Å²) in [6, 6.07) is 11.4. The number of nitriles is 1. The summed E-state index contributed by atoms with van der Waals surface area (Å²) in [6.45, 7) is -0.0192. The van der Waals surface area contributed by atoms with E-state index in [0.717, 1.165) is 6.07 Å². The van der Waals surface area contributed by atoms with Crippen LogP contribution in [0.4, 0.5) is 8.78 Å². The molecule has 0 saturated carbocycles. The van der Waals surface area contributed by atoms with Crippen molar-refractivity contribution in [3.05, 3.63) is 75.6 Å². The average molecular weight is 385 g/mol. The Kier molecular flexibility index (Phi) is 5.52. The van der Waals surface area contributed by atoms with Gasteiger partial charge in [0.25, 0.3) is 5.56 Å². The van der Waals surface area contributed by atoms with E-state index in [4.69, 9.17) is 4.74 Å². The van der Waals surface area contributed by atoms with E-state index in [2.05, 4.69) is 9.97 Å². The largest absolute Gasteiger partial charge is 0.488 e. The third kappa shape index (κ3) is 4.15. The Morgan fingerprint density at radius 3 is 2.70 bits per heavy atom. The molecule has 0 aliphatic rings. The van der Waals surface area contributed by atoms with E-state index in [0.29, 0.717) is 16.3 Å². The van der Waals surface area contributed by atoms with Gasteiger partial charge in [0.05, 0.1) is 0 Å². The van der Waals surface area contributed by atoms with E-state index >= 15 is 0 Å². The minimum absolute atomic E-state index is 0.0192. The molecule has 8 heteroatoms. The summed E-state index contributed by atoms with van der Waals surface area (Å²) in [7, 11) is 0. The fourth-order valence-corrected chi connectivity index (χ4v) is 2.82. The van der Waals surface area contributed by atoms with Gasteiger partial charge < -0.3 is 9.72 Å². The summed E-state index contributed by atoms with van der Waals surface area (Å²) in [6.07, 6.45) is 1.72. The van der Waals surface area contributed by atoms with Crippen molar-refractivity contribution in [2.45, 2.75) is 11.8 Å². The molecule has 0 fully saturated rings. The molecule has 0 radical (unpaired) electrons. The lowest BCUT2D eigenvalue weighted by Gasteiger charge is -2.13. The fraction of sp³-hybridized carbons (Fsp3) is 0.105. The van der Waals surface area contributed by atoms with Crippen LogP contribution in [-0.4, -0.2) is 16.2 Å². The zero-order valence-corrected chi connectivity index (χ0v) is 14.9. The van der Waals surface area contributed by atoms with E-state index in [1.165, 1.54) is 42.1 Å². The molecular weight excluding hydrogens is 372 g/mol. The van der Waals surface area contributed by atoms with Crippen molar-refractivity contribution in [1.29, 1.82) is 5.26 Å². The van der Waals surface area contributed by atoms with Gasteiger partial charge in [0.2, 0.25) is 0 Å². The number of ether oxygens (including phenoxy) is 1. The van der Waals surface area contributed by atoms with Gasteiger partial charge in [-0.1, -0.05) is 23.9 Å². The minimum atomic E-state index is -0.591. The molecule has 0 bridgehead atoms. The Morgan fingerprint density at radius 1 is 1.22 bits per heavy atom. The molecule has 136 valence electrons. The van der Waals surface area contributed by atoms with Crippen molar-refractivity contribution >= 4 is 11.8 Å². The van der Waals surface area contributed by atoms with E-state index in [1.807, 2.05) is 6.07 Å². The summed E-state index contributed by atoms with van der Waals surface area (Å²) < 4.78 is 32.7. The number of benzene rings is 2. The number of nitrogens with one attached hydrogen (secondary N) is 1. The van der Waals surface area contributed by atoms with Crippen LogP contribution in [0.25, 0.3) is 11.3 Å². The molecule has 27 heavy (non-hydrogen) atoms. The van der Waals surface area contributed by atoms with Crippen molar-refractivity contribution in [3.63, 3.8) is 0 Å². The van der Waals surface area contributed by atoms with Crippen LogP contribution in [-0.2, 0) is 6.61 Å². The van der Waals surface area contributed by atoms with Gasteiger partial charge in [-0.15, -0.1) is 0 Å². The number of thioether (sulfide) groups is 1. The van der Waals surface area contributed by atoms with Gasteiger partial charge in [-0.05, 0) is 36.1 Å². The van der Waals surface area contributed by atoms with E-state index in [1.54, 1.807) is 12.3 Å². The number of aromatic nitrogens is 2. The van der Waals surface area contributed by atoms with Gasteiger partial charge >= 0.3 is 0 Å². The first kappa shape index (κ1) is 18.6. The molecule has 1 N–H and O–H groups in total. The number of rotatable bonds is 5. The van der Waals surface area contributed by atoms with E-state index < -0.39 is 17.2 Å². The highest BCUT2D eigenvalue weighted by molar-refractivity contribution is 7.98. The van der Waals surface area contributed by atoms with E-state index in [-0.39, 0.29) is 23.6 Å². The summed E-state index contributed by atoms with van der Waals surface area (Å²) in [5.41, 5.74) is 0.155. The van der Waals surface area contributed by atoms with E-state index in [9.17, 15) is 18.8 Å². The van der Waals surface area contributed by atoms with Crippen LogP contribution in [0.3, 0.4) is 0 Å². The molecule has 0 unspecified atom stereocenters. The maximum Gasteiger partial charge on any atom is 0.270 e. The summed E-state index contributed by atoms with van der Waals surface area (Å²) in [5, 5.41) is 9.65. The predicted molar refractivity (Wildman–Crippen MR) is 97.5 cm³/mol. The molecule has 2 aromatic carbocycles. The molecule has 0 spiro atoms. The highest BCUT2D eigenvalue weighted by atomic mass is 32.2. The van der Waals surface area contributed by atoms with Crippen LogP contribution in [0, 0.1) is 23.0 Å². The average Bonchev–Trinajstić information content (AvgIpc) is 2.66. The van der Waals surface area contributed by atoms with Gasteiger partial charge in [0.15, 0.2) is 5.16 Å². The molecule has 3 rings (SSSR count). The predicted octanol–water partition coefficient (Wildman–Crippen LogP) is 3.89. The smallest absolute Gasteiger partial charge is 0.270 e. The van der Waals surface area contributed by atoms with Crippen LogP contribution >= 0.6 is 11.8 Å². The number of H-pyrrole nitrogens is 1. The monoisotopic (exact) mass is 385 g/mol. The van der Waals surface area contributed by atoms with Crippen LogP contribution < -0.4 is 10.3 Å². The second kappa shape index (κ2) is 8.01. The Bertz CT molecular complexity index is 1090. The molecule has 0 aliphatic heterocycles. The van der Waals surface area contributed by atoms with Gasteiger partial charge in [0, 0.05) is 11.6 Å². The fourth-order valence-electron chi connectivity index (χ4n) is 2.45. The van der Waals surface area contributed by atoms with Gasteiger partial charge in [0.1, 0.15) is 41.3 Å². The summed E-state index contributed by atoms with van der Waals surface area (Å²) in [4.78, 5) is 18.9. The molecular formula is C19H13F2N3O2S. The van der Waals surface area contributed by atoms with Crippen molar-refractivity contribution in [2.24, 2.45) is 0 Å². The number of hydrogen-bond donors (Lipinski definition) is 1. The zero-order chi connectivity index (χ0) is 19.4. The third-order valence-corrected chi connectivity index (χ3v) is 4.27. The molecule has 0 aliphatic carbocycles. The SMILES string of the molecule is CSc1nc(-c2ccc(F)cc2OCc2cccc(F)c2)c(C#N)c(=O)[nH]1. The van der Waals surface area contributed by atoms with Crippen LogP contribution in [0.1, 0.15) is 11.1 Å². The number of nitrogens with zero attached hydrogens (tertiary/aromatic N) is 2. The Balaban J connectivity index is 2.06. The molecule has 1 heterocycles. The summed E-state index contributed by atoms with van der Waals surface area (Å²) >= 11 is 1.20. The van der Waals surface area contributed by atoms with Crippen LogP contribution in [0.2, 0.25) is 0 Å². The lowest BCUT2D eigenvalue weighted by molar-refractivity contribution is 0.305. The zero-order valence-electron chi connectivity index (χ0n) is 14.1. The minimum Gasteiger partial charge on any atom is -0.488 e. The molecule has 0 saturated heterocycles. The first-order chi connectivity index (χ1) is 13.0. The van der Waals surface area contributed by atoms with Crippen molar-refractivity contribution < 1.29 is 13.5 Å². The second-order valence-electron chi connectivity index (χ2n) is 5.47. The molecule has 1 aromatic heterocycles. The Hall–Kier alpha value is -3.18. The van der Waals surface area contributed by atoms with Gasteiger partial charge in [-0.3, -0.25) is 4.79 Å². The Morgan fingerprint density at radius 2 is 2.00 bits per heavy atom. The van der Waals surface area contributed by atoms with Crippen molar-refractivity contribution in [1.82, 2.24) is 9.97 Å². The topological polar surface area (TPSA) is 78.8 Å². The lowest BCUT2D eigenvalue weighted by Crippen LogP contribution is -2.15. The van der Waals surface area contributed by atoms with Crippen molar-refractivity contribution in [3.8, 4) is 23.1 Å². The molecule has 0 atom stereocenters.